The number of benzene rings is 1. The maximum atomic E-state index is 12.2. The van der Waals surface area contributed by atoms with Crippen molar-refractivity contribution >= 4 is 0 Å². The van der Waals surface area contributed by atoms with Crippen molar-refractivity contribution in [2.45, 2.75) is 13.8 Å². The van der Waals surface area contributed by atoms with Crippen LogP contribution in [0, 0.1) is 5.82 Å². The smallest absolute Gasteiger partial charge is 0.168 e. The molecule has 0 saturated heterocycles. The molecule has 2 nitrogen and oxygen atoms in total. The molecule has 1 aromatic rings. The van der Waals surface area contributed by atoms with Gasteiger partial charge >= 0.3 is 0 Å². The first kappa shape index (κ1) is 11.5. The molecular weight excluding hydrogens is 171 g/mol. The molecule has 0 atom stereocenters. The van der Waals surface area contributed by atoms with Crippen molar-refractivity contribution < 1.29 is 14.6 Å². The van der Waals surface area contributed by atoms with Crippen LogP contribution < -0.4 is 0 Å². The number of hydrogen-bond acceptors (Lipinski definition) is 2. The molecule has 0 aliphatic heterocycles. The summed E-state index contributed by atoms with van der Waals surface area (Å²) in [6, 6.07) is 3.14. The van der Waals surface area contributed by atoms with E-state index >= 15 is 0 Å². The molecule has 0 amide bonds. The van der Waals surface area contributed by atoms with E-state index < -0.39 is 11.6 Å². The SMILES string of the molecule is CC=CC.Oc1ccc(O)c(F)c1. The Kier molecular flexibility index (Phi) is 5.35. The number of rotatable bonds is 0. The van der Waals surface area contributed by atoms with E-state index in [0.717, 1.165) is 12.1 Å². The monoisotopic (exact) mass is 184 g/mol. The van der Waals surface area contributed by atoms with Gasteiger partial charge in [0.25, 0.3) is 0 Å². The molecule has 1 rings (SSSR count). The zero-order chi connectivity index (χ0) is 10.3. The van der Waals surface area contributed by atoms with Crippen molar-refractivity contribution in [1.82, 2.24) is 0 Å². The van der Waals surface area contributed by atoms with Crippen molar-refractivity contribution in [2.24, 2.45) is 0 Å². The largest absolute Gasteiger partial charge is 0.508 e. The summed E-state index contributed by atoms with van der Waals surface area (Å²) >= 11 is 0. The molecule has 0 saturated carbocycles. The molecule has 3 heteroatoms. The van der Waals surface area contributed by atoms with Crippen LogP contribution in [0.1, 0.15) is 13.8 Å². The highest BCUT2D eigenvalue weighted by molar-refractivity contribution is 5.30. The lowest BCUT2D eigenvalue weighted by atomic mass is 10.3. The first-order valence-electron chi connectivity index (χ1n) is 3.86. The second-order valence-corrected chi connectivity index (χ2v) is 2.30. The van der Waals surface area contributed by atoms with Crippen LogP contribution in [0.2, 0.25) is 0 Å². The van der Waals surface area contributed by atoms with Crippen LogP contribution in [-0.4, -0.2) is 10.2 Å². The molecule has 0 aliphatic carbocycles. The van der Waals surface area contributed by atoms with E-state index in [1.807, 2.05) is 26.0 Å². The Bertz CT molecular complexity index is 278. The predicted molar refractivity (Wildman–Crippen MR) is 50.2 cm³/mol. The highest BCUT2D eigenvalue weighted by atomic mass is 19.1. The van der Waals surface area contributed by atoms with E-state index in [0.29, 0.717) is 0 Å². The summed E-state index contributed by atoms with van der Waals surface area (Å²) in [5.41, 5.74) is 0. The molecule has 0 heterocycles. The summed E-state index contributed by atoms with van der Waals surface area (Å²) in [4.78, 5) is 0. The quantitative estimate of drug-likeness (QED) is 0.480. The summed E-state index contributed by atoms with van der Waals surface area (Å²) in [6.07, 6.45) is 4.00. The predicted octanol–water partition coefficient (Wildman–Crippen LogP) is 2.82. The first-order chi connectivity index (χ1) is 6.11. The number of halogens is 1. The molecule has 0 spiro atoms. The fourth-order valence-electron chi connectivity index (χ4n) is 0.496. The number of phenolic OH excluding ortho intramolecular Hbond substituents is 2. The van der Waals surface area contributed by atoms with Crippen molar-refractivity contribution in [3.8, 4) is 11.5 Å². The zero-order valence-electron chi connectivity index (χ0n) is 7.66. The van der Waals surface area contributed by atoms with Crippen molar-refractivity contribution in [3.05, 3.63) is 36.2 Å². The molecule has 0 unspecified atom stereocenters. The van der Waals surface area contributed by atoms with Crippen molar-refractivity contribution in [1.29, 1.82) is 0 Å². The second kappa shape index (κ2) is 6.06. The van der Waals surface area contributed by atoms with Gasteiger partial charge < -0.3 is 10.2 Å². The Hall–Kier alpha value is -1.51. The van der Waals surface area contributed by atoms with Gasteiger partial charge in [-0.05, 0) is 26.0 Å². The minimum absolute atomic E-state index is 0.190. The Labute approximate surface area is 77.0 Å². The number of phenols is 2. The topological polar surface area (TPSA) is 40.5 Å². The molecule has 72 valence electrons. The number of hydrogen-bond donors (Lipinski definition) is 2. The van der Waals surface area contributed by atoms with Gasteiger partial charge in [0, 0.05) is 6.07 Å². The van der Waals surface area contributed by atoms with Gasteiger partial charge in [-0.2, -0.15) is 0 Å². The average Bonchev–Trinajstić information content (AvgIpc) is 2.12. The molecule has 13 heavy (non-hydrogen) atoms. The van der Waals surface area contributed by atoms with Crippen molar-refractivity contribution in [3.63, 3.8) is 0 Å². The minimum atomic E-state index is -0.810. The fourth-order valence-corrected chi connectivity index (χ4v) is 0.496. The first-order valence-corrected chi connectivity index (χ1v) is 3.86. The fraction of sp³-hybridized carbons (Fsp3) is 0.200. The van der Waals surface area contributed by atoms with Crippen LogP contribution in [0.4, 0.5) is 4.39 Å². The van der Waals surface area contributed by atoms with Crippen LogP contribution in [0.15, 0.2) is 30.4 Å². The van der Waals surface area contributed by atoms with E-state index in [1.165, 1.54) is 6.07 Å². The molecule has 0 aromatic heterocycles. The summed E-state index contributed by atoms with van der Waals surface area (Å²) in [5, 5.41) is 17.1. The normalized spacial score (nSPS) is 9.46. The summed E-state index contributed by atoms with van der Waals surface area (Å²) < 4.78 is 12.2. The third-order valence-electron chi connectivity index (χ3n) is 1.26. The Morgan fingerprint density at radius 1 is 1.15 bits per heavy atom. The second-order valence-electron chi connectivity index (χ2n) is 2.30. The molecule has 0 aliphatic rings. The summed E-state index contributed by atoms with van der Waals surface area (Å²) in [6.45, 7) is 4.00. The summed E-state index contributed by atoms with van der Waals surface area (Å²) in [7, 11) is 0. The number of allylic oxidation sites excluding steroid dienone is 2. The Morgan fingerprint density at radius 3 is 2.00 bits per heavy atom. The van der Waals surface area contributed by atoms with Crippen LogP contribution in [0.3, 0.4) is 0 Å². The average molecular weight is 184 g/mol. The van der Waals surface area contributed by atoms with E-state index in [2.05, 4.69) is 0 Å². The maximum Gasteiger partial charge on any atom is 0.168 e. The van der Waals surface area contributed by atoms with Crippen LogP contribution >= 0.6 is 0 Å². The Morgan fingerprint density at radius 2 is 1.69 bits per heavy atom. The molecule has 2 N–H and O–H groups in total. The number of aromatic hydroxyl groups is 2. The van der Waals surface area contributed by atoms with Gasteiger partial charge in [0.15, 0.2) is 11.6 Å². The van der Waals surface area contributed by atoms with Crippen LogP contribution in [0.5, 0.6) is 11.5 Å². The molecular formula is C10H13FO2. The van der Waals surface area contributed by atoms with E-state index in [-0.39, 0.29) is 5.75 Å². The van der Waals surface area contributed by atoms with E-state index in [9.17, 15) is 4.39 Å². The van der Waals surface area contributed by atoms with E-state index in [1.54, 1.807) is 0 Å². The van der Waals surface area contributed by atoms with Gasteiger partial charge in [0.05, 0.1) is 0 Å². The molecule has 1 aromatic carbocycles. The Balaban J connectivity index is 0.000000310. The highest BCUT2D eigenvalue weighted by Crippen LogP contribution is 2.19. The van der Waals surface area contributed by atoms with E-state index in [4.69, 9.17) is 10.2 Å². The van der Waals surface area contributed by atoms with Gasteiger partial charge in [-0.15, -0.1) is 0 Å². The van der Waals surface area contributed by atoms with Gasteiger partial charge in [-0.25, -0.2) is 4.39 Å². The van der Waals surface area contributed by atoms with Crippen LogP contribution in [-0.2, 0) is 0 Å². The highest BCUT2D eigenvalue weighted by Gasteiger charge is 1.97. The minimum Gasteiger partial charge on any atom is -0.508 e. The lowest BCUT2D eigenvalue weighted by Gasteiger charge is -1.92. The van der Waals surface area contributed by atoms with Crippen LogP contribution in [0.25, 0.3) is 0 Å². The molecule has 0 radical (unpaired) electrons. The molecule has 0 bridgehead atoms. The van der Waals surface area contributed by atoms with Gasteiger partial charge in [0.1, 0.15) is 5.75 Å². The third kappa shape index (κ3) is 4.85. The van der Waals surface area contributed by atoms with Crippen molar-refractivity contribution in [2.75, 3.05) is 0 Å². The molecule has 0 fully saturated rings. The zero-order valence-corrected chi connectivity index (χ0v) is 7.66. The maximum absolute atomic E-state index is 12.2. The lowest BCUT2D eigenvalue weighted by molar-refractivity contribution is 0.421. The third-order valence-corrected chi connectivity index (χ3v) is 1.26. The lowest BCUT2D eigenvalue weighted by Crippen LogP contribution is -1.72. The van der Waals surface area contributed by atoms with Gasteiger partial charge in [0.2, 0.25) is 0 Å². The summed E-state index contributed by atoms with van der Waals surface area (Å²) in [5.74, 6) is -1.45. The van der Waals surface area contributed by atoms with Gasteiger partial charge in [-0.3, -0.25) is 0 Å². The standard InChI is InChI=1S/C6H5FO2.C4H8/c7-5-3-4(8)1-2-6(5)9;1-3-4-2/h1-3,8-9H;3-4H,1-2H3. The van der Waals surface area contributed by atoms with Gasteiger partial charge in [-0.1, -0.05) is 12.2 Å².